The van der Waals surface area contributed by atoms with Crippen molar-refractivity contribution < 1.29 is 14.6 Å². The maximum atomic E-state index is 12.4. The van der Waals surface area contributed by atoms with Gasteiger partial charge in [0.25, 0.3) is 11.5 Å². The maximum Gasteiger partial charge on any atom is 0.326 e. The highest BCUT2D eigenvalue weighted by atomic mass is 16.5. The molecule has 1 heterocycles. The molecule has 4 N–H and O–H groups in total. The van der Waals surface area contributed by atoms with Gasteiger partial charge < -0.3 is 15.2 Å². The second kappa shape index (κ2) is 8.77. The summed E-state index contributed by atoms with van der Waals surface area (Å²) in [6, 6.07) is 7.91. The van der Waals surface area contributed by atoms with Gasteiger partial charge in [-0.25, -0.2) is 4.79 Å². The molecule has 0 saturated heterocycles. The molecule has 3 rings (SSSR count). The summed E-state index contributed by atoms with van der Waals surface area (Å²) in [6.45, 7) is 2.81. The number of aromatic hydroxyl groups is 1. The third-order valence-corrected chi connectivity index (χ3v) is 5.01. The largest absolute Gasteiger partial charge is 0.501 e. The first-order valence-corrected chi connectivity index (χ1v) is 9.57. The summed E-state index contributed by atoms with van der Waals surface area (Å²) in [6.07, 6.45) is 4.50. The summed E-state index contributed by atoms with van der Waals surface area (Å²) >= 11 is 0. The Labute approximate surface area is 162 Å². The highest BCUT2D eigenvalue weighted by Gasteiger charge is 2.28. The molecule has 0 spiro atoms. The molecule has 2 atom stereocenters. The lowest BCUT2D eigenvalue weighted by Gasteiger charge is -2.15. The second-order valence-corrected chi connectivity index (χ2v) is 7.09. The molecule has 0 aliphatic heterocycles. The second-order valence-electron chi connectivity index (χ2n) is 7.09. The van der Waals surface area contributed by atoms with Crippen molar-refractivity contribution in [3.05, 3.63) is 56.4 Å². The van der Waals surface area contributed by atoms with Gasteiger partial charge in [0.15, 0.2) is 5.69 Å². The van der Waals surface area contributed by atoms with E-state index in [0.717, 1.165) is 43.4 Å². The zero-order valence-corrected chi connectivity index (χ0v) is 15.8. The van der Waals surface area contributed by atoms with Crippen LogP contribution in [0.15, 0.2) is 33.9 Å². The lowest BCUT2D eigenvalue weighted by Crippen LogP contribution is -2.36. The molecule has 1 saturated carbocycles. The predicted molar refractivity (Wildman–Crippen MR) is 104 cm³/mol. The summed E-state index contributed by atoms with van der Waals surface area (Å²) in [5, 5.41) is 12.5. The van der Waals surface area contributed by atoms with Crippen molar-refractivity contribution in [1.29, 1.82) is 0 Å². The van der Waals surface area contributed by atoms with Gasteiger partial charge in [-0.2, -0.15) is 0 Å². The maximum absolute atomic E-state index is 12.4. The fourth-order valence-electron chi connectivity index (χ4n) is 3.51. The number of carbonyl (C=O) groups excluding carboxylic acids is 1. The topological polar surface area (TPSA) is 124 Å². The Bertz CT molecular complexity index is 949. The molecular formula is C20H25N3O5. The van der Waals surface area contributed by atoms with Gasteiger partial charge >= 0.3 is 5.69 Å². The first-order chi connectivity index (χ1) is 13.5. The predicted octanol–water partition coefficient (Wildman–Crippen LogP) is 2.01. The Balaban J connectivity index is 1.63. The van der Waals surface area contributed by atoms with Crippen LogP contribution in [0.1, 0.15) is 61.0 Å². The molecule has 0 radical (unpaired) electrons. The average Bonchev–Trinajstić information content (AvgIpc) is 3.13. The van der Waals surface area contributed by atoms with Crippen LogP contribution in [0.25, 0.3) is 0 Å². The van der Waals surface area contributed by atoms with E-state index >= 15 is 0 Å². The Morgan fingerprint density at radius 3 is 2.89 bits per heavy atom. The number of aromatic amines is 2. The highest BCUT2D eigenvalue weighted by Crippen LogP contribution is 2.35. The summed E-state index contributed by atoms with van der Waals surface area (Å²) < 4.78 is 5.77. The molecule has 1 amide bonds. The number of unbranched alkanes of at least 4 members (excludes halogenated alkanes) is 1. The molecule has 1 aliphatic rings. The number of aromatic nitrogens is 2. The van der Waals surface area contributed by atoms with E-state index in [2.05, 4.69) is 23.3 Å². The standard InChI is InChI=1S/C20H25N3O5/c1-2-3-9-28-15-6-4-5-12(11-15)13-7-8-14(10-13)21-18(25)16-17(24)19(26)23-20(27)22-16/h4-6,11,13-14,24H,2-3,7-10H2,1H3,(H,21,25)(H2,22,23,26,27). The van der Waals surface area contributed by atoms with Gasteiger partial charge in [0.1, 0.15) is 5.75 Å². The van der Waals surface area contributed by atoms with E-state index in [9.17, 15) is 19.5 Å². The van der Waals surface area contributed by atoms with Crippen LogP contribution in [-0.4, -0.2) is 33.6 Å². The summed E-state index contributed by atoms with van der Waals surface area (Å²) in [5.74, 6) is -0.317. The number of benzene rings is 1. The van der Waals surface area contributed by atoms with Crippen molar-refractivity contribution >= 4 is 5.91 Å². The van der Waals surface area contributed by atoms with Crippen molar-refractivity contribution in [2.24, 2.45) is 0 Å². The quantitative estimate of drug-likeness (QED) is 0.541. The zero-order chi connectivity index (χ0) is 20.1. The van der Waals surface area contributed by atoms with Crippen LogP contribution >= 0.6 is 0 Å². The van der Waals surface area contributed by atoms with E-state index in [4.69, 9.17) is 4.74 Å². The minimum absolute atomic E-state index is 0.107. The van der Waals surface area contributed by atoms with Crippen LogP contribution in [0.2, 0.25) is 0 Å². The number of carbonyl (C=O) groups is 1. The van der Waals surface area contributed by atoms with Crippen LogP contribution in [-0.2, 0) is 0 Å². The molecular weight excluding hydrogens is 362 g/mol. The van der Waals surface area contributed by atoms with Crippen LogP contribution in [0.4, 0.5) is 0 Å². The van der Waals surface area contributed by atoms with Gasteiger partial charge in [-0.05, 0) is 49.3 Å². The lowest BCUT2D eigenvalue weighted by atomic mass is 9.97. The van der Waals surface area contributed by atoms with Crippen LogP contribution in [0.3, 0.4) is 0 Å². The van der Waals surface area contributed by atoms with E-state index in [-0.39, 0.29) is 12.0 Å². The van der Waals surface area contributed by atoms with Crippen molar-refractivity contribution in [3.63, 3.8) is 0 Å². The fraction of sp³-hybridized carbons (Fsp3) is 0.450. The number of hydrogen-bond acceptors (Lipinski definition) is 5. The summed E-state index contributed by atoms with van der Waals surface area (Å²) in [5.41, 5.74) is -1.07. The monoisotopic (exact) mass is 387 g/mol. The summed E-state index contributed by atoms with van der Waals surface area (Å²) in [7, 11) is 0. The third kappa shape index (κ3) is 4.62. The molecule has 1 aromatic heterocycles. The fourth-order valence-corrected chi connectivity index (χ4v) is 3.51. The van der Waals surface area contributed by atoms with Gasteiger partial charge in [0.05, 0.1) is 6.61 Å². The minimum atomic E-state index is -0.988. The van der Waals surface area contributed by atoms with E-state index in [1.807, 2.05) is 23.2 Å². The lowest BCUT2D eigenvalue weighted by molar-refractivity contribution is 0.0928. The van der Waals surface area contributed by atoms with Gasteiger partial charge in [0.2, 0.25) is 5.75 Å². The molecule has 8 nitrogen and oxygen atoms in total. The molecule has 8 heteroatoms. The van der Waals surface area contributed by atoms with E-state index in [1.165, 1.54) is 0 Å². The van der Waals surface area contributed by atoms with Crippen molar-refractivity contribution in [2.75, 3.05) is 6.61 Å². The minimum Gasteiger partial charge on any atom is -0.501 e. The molecule has 1 fully saturated rings. The smallest absolute Gasteiger partial charge is 0.326 e. The number of amides is 1. The molecule has 2 unspecified atom stereocenters. The van der Waals surface area contributed by atoms with E-state index in [1.54, 1.807) is 0 Å². The normalized spacial score (nSPS) is 18.8. The number of rotatable bonds is 7. The SMILES string of the molecule is CCCCOc1cccc(C2CCC(NC(=O)c3[nH]c(=O)[nH]c(=O)c3O)C2)c1. The molecule has 28 heavy (non-hydrogen) atoms. The van der Waals surface area contributed by atoms with E-state index in [0.29, 0.717) is 6.61 Å². The van der Waals surface area contributed by atoms with Crippen LogP contribution < -0.4 is 21.3 Å². The summed E-state index contributed by atoms with van der Waals surface area (Å²) in [4.78, 5) is 39.2. The first-order valence-electron chi connectivity index (χ1n) is 9.57. The van der Waals surface area contributed by atoms with E-state index < -0.39 is 28.6 Å². The molecule has 2 aromatic rings. The number of nitrogens with one attached hydrogen (secondary N) is 3. The van der Waals surface area contributed by atoms with Gasteiger partial charge in [0, 0.05) is 6.04 Å². The van der Waals surface area contributed by atoms with Crippen LogP contribution in [0.5, 0.6) is 11.5 Å². The Hall–Kier alpha value is -3.03. The first kappa shape index (κ1) is 19.7. The van der Waals surface area contributed by atoms with Crippen molar-refractivity contribution in [1.82, 2.24) is 15.3 Å². The molecule has 1 aromatic carbocycles. The number of hydrogen-bond donors (Lipinski definition) is 4. The Kier molecular flexibility index (Phi) is 6.18. The van der Waals surface area contributed by atoms with Gasteiger partial charge in [-0.1, -0.05) is 25.5 Å². The Morgan fingerprint density at radius 2 is 2.11 bits per heavy atom. The average molecular weight is 387 g/mol. The van der Waals surface area contributed by atoms with Crippen LogP contribution in [0, 0.1) is 0 Å². The molecule has 1 aliphatic carbocycles. The molecule has 0 bridgehead atoms. The van der Waals surface area contributed by atoms with Gasteiger partial charge in [-0.3, -0.25) is 19.6 Å². The van der Waals surface area contributed by atoms with Crippen molar-refractivity contribution in [3.8, 4) is 11.5 Å². The Morgan fingerprint density at radius 1 is 1.29 bits per heavy atom. The van der Waals surface area contributed by atoms with Gasteiger partial charge in [-0.15, -0.1) is 0 Å². The highest BCUT2D eigenvalue weighted by molar-refractivity contribution is 5.94. The third-order valence-electron chi connectivity index (χ3n) is 5.01. The van der Waals surface area contributed by atoms with Crippen molar-refractivity contribution in [2.45, 2.75) is 51.0 Å². The number of H-pyrrole nitrogens is 2. The molecule has 150 valence electrons. The number of ether oxygens (including phenoxy) is 1. The zero-order valence-electron chi connectivity index (χ0n) is 15.8.